The maximum atomic E-state index is 12.3. The van der Waals surface area contributed by atoms with Gasteiger partial charge in [0.05, 0.1) is 5.39 Å². The van der Waals surface area contributed by atoms with Crippen molar-refractivity contribution < 1.29 is 4.79 Å². The molecule has 0 aliphatic rings. The van der Waals surface area contributed by atoms with Gasteiger partial charge in [0, 0.05) is 23.9 Å². The summed E-state index contributed by atoms with van der Waals surface area (Å²) in [5.74, 6) is 0.654. The van der Waals surface area contributed by atoms with E-state index >= 15 is 0 Å². The number of thiophene rings is 1. The minimum absolute atomic E-state index is 0.157. The molecule has 4 aromatic rings. The van der Waals surface area contributed by atoms with Crippen molar-refractivity contribution in [3.63, 3.8) is 0 Å². The summed E-state index contributed by atoms with van der Waals surface area (Å²) in [7, 11) is 0. The van der Waals surface area contributed by atoms with Gasteiger partial charge in [-0.25, -0.2) is 4.98 Å². The van der Waals surface area contributed by atoms with Crippen LogP contribution < -0.4 is 10.9 Å². The lowest BCUT2D eigenvalue weighted by Gasteiger charge is -2.03. The van der Waals surface area contributed by atoms with Gasteiger partial charge < -0.3 is 4.98 Å². The number of rotatable bonds is 4. The van der Waals surface area contributed by atoms with E-state index in [4.69, 9.17) is 0 Å². The Labute approximate surface area is 151 Å². The Hall–Kier alpha value is -3.07. The number of amides is 1. The molecule has 8 nitrogen and oxygen atoms in total. The first-order chi connectivity index (χ1) is 12.5. The zero-order valence-electron chi connectivity index (χ0n) is 14.2. The molecule has 132 valence electrons. The number of hydrogen-bond acceptors (Lipinski definition) is 6. The van der Waals surface area contributed by atoms with Crippen molar-refractivity contribution in [2.75, 3.05) is 5.32 Å². The second-order valence-electron chi connectivity index (χ2n) is 5.98. The monoisotopic (exact) mass is 368 g/mol. The molecule has 0 aliphatic heterocycles. The van der Waals surface area contributed by atoms with Crippen molar-refractivity contribution in [1.29, 1.82) is 0 Å². The van der Waals surface area contributed by atoms with E-state index in [1.54, 1.807) is 16.7 Å². The third kappa shape index (κ3) is 2.86. The van der Waals surface area contributed by atoms with Crippen molar-refractivity contribution in [3.8, 4) is 0 Å². The van der Waals surface area contributed by atoms with Crippen LogP contribution in [-0.2, 0) is 11.2 Å². The number of fused-ring (bicyclic) bond motifs is 2. The van der Waals surface area contributed by atoms with E-state index in [1.807, 2.05) is 26.0 Å². The molecule has 0 spiro atoms. The summed E-state index contributed by atoms with van der Waals surface area (Å²) >= 11 is 1.49. The first-order valence-electron chi connectivity index (χ1n) is 8.11. The lowest BCUT2D eigenvalue weighted by molar-refractivity contribution is -0.116. The van der Waals surface area contributed by atoms with E-state index in [2.05, 4.69) is 25.5 Å². The molecule has 0 unspecified atom stereocenters. The van der Waals surface area contributed by atoms with Crippen LogP contribution >= 0.6 is 11.3 Å². The Morgan fingerprint density at radius 1 is 1.31 bits per heavy atom. The highest BCUT2D eigenvalue weighted by Crippen LogP contribution is 2.25. The molecule has 0 radical (unpaired) electrons. The number of aryl methyl sites for hydroxylation is 3. The number of nitrogens with one attached hydrogen (secondary N) is 2. The normalized spacial score (nSPS) is 11.3. The molecule has 1 amide bonds. The SMILES string of the molecule is Cc1sc2nc(CCC(=O)Nc3nnc4ccccn34)[nH]c(=O)c2c1C. The number of carbonyl (C=O) groups excluding carboxylic acids is 1. The van der Waals surface area contributed by atoms with Gasteiger partial charge >= 0.3 is 0 Å². The van der Waals surface area contributed by atoms with Gasteiger partial charge in [0.25, 0.3) is 5.56 Å². The average molecular weight is 368 g/mol. The molecule has 0 bridgehead atoms. The number of aromatic amines is 1. The fourth-order valence-electron chi connectivity index (χ4n) is 2.76. The van der Waals surface area contributed by atoms with Crippen molar-refractivity contribution in [3.05, 3.63) is 51.0 Å². The molecular formula is C17H16N6O2S. The smallest absolute Gasteiger partial charge is 0.259 e. The molecule has 9 heteroatoms. The van der Waals surface area contributed by atoms with Crippen LogP contribution in [0.15, 0.2) is 29.2 Å². The summed E-state index contributed by atoms with van der Waals surface area (Å²) in [4.78, 5) is 33.5. The maximum Gasteiger partial charge on any atom is 0.259 e. The second kappa shape index (κ2) is 6.34. The number of hydrogen-bond donors (Lipinski definition) is 2. The van der Waals surface area contributed by atoms with Crippen molar-refractivity contribution in [1.82, 2.24) is 24.6 Å². The summed E-state index contributed by atoms with van der Waals surface area (Å²) in [5, 5.41) is 11.3. The number of H-pyrrole nitrogens is 1. The van der Waals surface area contributed by atoms with Crippen LogP contribution in [0.3, 0.4) is 0 Å². The van der Waals surface area contributed by atoms with Gasteiger partial charge in [-0.2, -0.15) is 0 Å². The second-order valence-corrected chi connectivity index (χ2v) is 7.18. The number of aromatic nitrogens is 5. The third-order valence-electron chi connectivity index (χ3n) is 4.24. The van der Waals surface area contributed by atoms with E-state index in [-0.39, 0.29) is 17.9 Å². The molecular weight excluding hydrogens is 352 g/mol. The summed E-state index contributed by atoms with van der Waals surface area (Å²) in [6.07, 6.45) is 2.29. The molecule has 0 saturated heterocycles. The highest BCUT2D eigenvalue weighted by Gasteiger charge is 2.13. The molecule has 4 rings (SSSR count). The maximum absolute atomic E-state index is 12.3. The van der Waals surface area contributed by atoms with Crippen LogP contribution in [0, 0.1) is 13.8 Å². The van der Waals surface area contributed by atoms with Gasteiger partial charge in [-0.3, -0.25) is 19.3 Å². The van der Waals surface area contributed by atoms with Gasteiger partial charge in [-0.05, 0) is 31.5 Å². The Balaban J connectivity index is 1.49. The Kier molecular flexibility index (Phi) is 4.00. The highest BCUT2D eigenvalue weighted by atomic mass is 32.1. The first kappa shape index (κ1) is 16.4. The lowest BCUT2D eigenvalue weighted by Crippen LogP contribution is -2.17. The molecule has 4 aromatic heterocycles. The van der Waals surface area contributed by atoms with Crippen LogP contribution in [0.5, 0.6) is 0 Å². The van der Waals surface area contributed by atoms with Crippen LogP contribution in [0.2, 0.25) is 0 Å². The number of carbonyl (C=O) groups is 1. The minimum Gasteiger partial charge on any atom is -0.310 e. The fourth-order valence-corrected chi connectivity index (χ4v) is 3.81. The lowest BCUT2D eigenvalue weighted by atomic mass is 10.2. The van der Waals surface area contributed by atoms with E-state index in [0.29, 0.717) is 34.1 Å². The van der Waals surface area contributed by atoms with Crippen LogP contribution in [0.25, 0.3) is 15.9 Å². The Morgan fingerprint density at radius 2 is 2.15 bits per heavy atom. The highest BCUT2D eigenvalue weighted by molar-refractivity contribution is 7.18. The topological polar surface area (TPSA) is 105 Å². The van der Waals surface area contributed by atoms with Crippen LogP contribution in [0.4, 0.5) is 5.95 Å². The van der Waals surface area contributed by atoms with Gasteiger partial charge in [0.2, 0.25) is 11.9 Å². The Bertz CT molecular complexity index is 1190. The summed E-state index contributed by atoms with van der Waals surface area (Å²) in [6.45, 7) is 3.89. The van der Waals surface area contributed by atoms with Gasteiger partial charge in [-0.1, -0.05) is 6.07 Å². The molecule has 0 atom stereocenters. The third-order valence-corrected chi connectivity index (χ3v) is 5.34. The van der Waals surface area contributed by atoms with Crippen molar-refractivity contribution in [2.45, 2.75) is 26.7 Å². The van der Waals surface area contributed by atoms with E-state index in [0.717, 1.165) is 10.4 Å². The number of nitrogens with zero attached hydrogens (tertiary/aromatic N) is 4. The predicted molar refractivity (Wildman–Crippen MR) is 99.7 cm³/mol. The molecule has 0 aliphatic carbocycles. The van der Waals surface area contributed by atoms with Gasteiger partial charge in [0.15, 0.2) is 5.65 Å². The summed E-state index contributed by atoms with van der Waals surface area (Å²) in [5.41, 5.74) is 1.46. The molecule has 0 fully saturated rings. The standard InChI is InChI=1S/C17H16N6O2S/c1-9-10(2)26-16-14(9)15(25)18-11(19-16)6-7-13(24)20-17-22-21-12-5-3-4-8-23(12)17/h3-5,8H,6-7H2,1-2H3,(H,18,19,25)(H,20,22,24). The summed E-state index contributed by atoms with van der Waals surface area (Å²) in [6, 6.07) is 5.49. The summed E-state index contributed by atoms with van der Waals surface area (Å²) < 4.78 is 1.70. The predicted octanol–water partition coefficient (Wildman–Crippen LogP) is 2.22. The Morgan fingerprint density at radius 3 is 3.00 bits per heavy atom. The van der Waals surface area contributed by atoms with Crippen LogP contribution in [-0.4, -0.2) is 30.5 Å². The largest absolute Gasteiger partial charge is 0.310 e. The average Bonchev–Trinajstić information content (AvgIpc) is 3.15. The quantitative estimate of drug-likeness (QED) is 0.575. The molecule has 2 N–H and O–H groups in total. The first-order valence-corrected chi connectivity index (χ1v) is 8.93. The van der Waals surface area contributed by atoms with E-state index in [1.165, 1.54) is 11.3 Å². The fraction of sp³-hybridized carbons (Fsp3) is 0.235. The van der Waals surface area contributed by atoms with E-state index < -0.39 is 0 Å². The number of anilines is 1. The zero-order valence-corrected chi connectivity index (χ0v) is 15.1. The van der Waals surface area contributed by atoms with Gasteiger partial charge in [-0.15, -0.1) is 21.5 Å². The van der Waals surface area contributed by atoms with Crippen LogP contribution in [0.1, 0.15) is 22.7 Å². The molecule has 4 heterocycles. The zero-order chi connectivity index (χ0) is 18.3. The molecule has 26 heavy (non-hydrogen) atoms. The van der Waals surface area contributed by atoms with E-state index in [9.17, 15) is 9.59 Å². The number of pyridine rings is 1. The van der Waals surface area contributed by atoms with Gasteiger partial charge in [0.1, 0.15) is 10.7 Å². The molecule has 0 saturated carbocycles. The minimum atomic E-state index is -0.218. The van der Waals surface area contributed by atoms with Crippen molar-refractivity contribution in [2.24, 2.45) is 0 Å². The van der Waals surface area contributed by atoms with Crippen molar-refractivity contribution >= 4 is 39.1 Å². The molecule has 0 aromatic carbocycles.